The SMILES string of the molecule is N#Cc1oc2ccccc2c1OCc1ccsc1C(=O)O. The molecule has 1 N–H and O–H groups in total. The van der Waals surface area contributed by atoms with Crippen LogP contribution >= 0.6 is 11.3 Å². The molecule has 3 rings (SSSR count). The van der Waals surface area contributed by atoms with Crippen LogP contribution in [0, 0.1) is 11.3 Å². The number of hydrogen-bond acceptors (Lipinski definition) is 5. The van der Waals surface area contributed by atoms with Crippen molar-refractivity contribution in [1.82, 2.24) is 0 Å². The van der Waals surface area contributed by atoms with Gasteiger partial charge in [-0.3, -0.25) is 0 Å². The first-order valence-corrected chi connectivity index (χ1v) is 6.92. The minimum Gasteiger partial charge on any atom is -0.483 e. The van der Waals surface area contributed by atoms with Gasteiger partial charge in [0.15, 0.2) is 5.75 Å². The summed E-state index contributed by atoms with van der Waals surface area (Å²) in [6, 6.07) is 10.8. The van der Waals surface area contributed by atoms with Gasteiger partial charge < -0.3 is 14.3 Å². The molecule has 104 valence electrons. The molecule has 0 unspecified atom stereocenters. The van der Waals surface area contributed by atoms with Crippen LogP contribution in [0.15, 0.2) is 40.1 Å². The molecule has 3 aromatic rings. The zero-order chi connectivity index (χ0) is 14.8. The van der Waals surface area contributed by atoms with Gasteiger partial charge in [0.2, 0.25) is 5.76 Å². The molecule has 2 heterocycles. The quantitative estimate of drug-likeness (QED) is 0.795. The van der Waals surface area contributed by atoms with E-state index in [1.165, 1.54) is 0 Å². The fourth-order valence-electron chi connectivity index (χ4n) is 2.03. The molecule has 21 heavy (non-hydrogen) atoms. The molecule has 0 atom stereocenters. The van der Waals surface area contributed by atoms with E-state index in [1.807, 2.05) is 12.1 Å². The van der Waals surface area contributed by atoms with Crippen LogP contribution in [0.25, 0.3) is 11.0 Å². The summed E-state index contributed by atoms with van der Waals surface area (Å²) in [5.74, 6) is -0.555. The number of fused-ring (bicyclic) bond motifs is 1. The number of benzene rings is 1. The highest BCUT2D eigenvalue weighted by Crippen LogP contribution is 2.33. The summed E-state index contributed by atoms with van der Waals surface area (Å²) in [6.07, 6.45) is 0. The van der Waals surface area contributed by atoms with Crippen LogP contribution in [0.1, 0.15) is 21.0 Å². The van der Waals surface area contributed by atoms with Gasteiger partial charge in [-0.2, -0.15) is 5.26 Å². The Balaban J connectivity index is 1.93. The third-order valence-corrected chi connectivity index (χ3v) is 3.91. The molecule has 0 amide bonds. The summed E-state index contributed by atoms with van der Waals surface area (Å²) in [6.45, 7) is 0.0728. The lowest BCUT2D eigenvalue weighted by Gasteiger charge is -2.04. The molecule has 0 radical (unpaired) electrons. The van der Waals surface area contributed by atoms with Crippen LogP contribution in [0.4, 0.5) is 0 Å². The van der Waals surface area contributed by atoms with Crippen LogP contribution in [0.2, 0.25) is 0 Å². The second-order valence-corrected chi connectivity index (χ2v) is 5.15. The second kappa shape index (κ2) is 5.31. The number of aromatic carboxylic acids is 1. The maximum atomic E-state index is 11.1. The zero-order valence-corrected chi connectivity index (χ0v) is 11.5. The highest BCUT2D eigenvalue weighted by atomic mass is 32.1. The number of hydrogen-bond donors (Lipinski definition) is 1. The predicted molar refractivity (Wildman–Crippen MR) is 76.5 cm³/mol. The Morgan fingerprint density at radius 1 is 1.38 bits per heavy atom. The Morgan fingerprint density at radius 3 is 2.95 bits per heavy atom. The standard InChI is InChI=1S/C15H9NO4S/c16-7-12-13(10-3-1-2-4-11(10)20-12)19-8-9-5-6-21-14(9)15(17)18/h1-6H,8H2,(H,17,18). The first kappa shape index (κ1) is 13.2. The lowest BCUT2D eigenvalue weighted by molar-refractivity contribution is 0.0699. The molecule has 0 fully saturated rings. The van der Waals surface area contributed by atoms with Gasteiger partial charge in [-0.1, -0.05) is 12.1 Å². The molecule has 0 aliphatic rings. The summed E-state index contributed by atoms with van der Waals surface area (Å²) < 4.78 is 11.0. The zero-order valence-electron chi connectivity index (χ0n) is 10.7. The Labute approximate surface area is 123 Å². The molecular weight excluding hydrogens is 290 g/mol. The van der Waals surface area contributed by atoms with Crippen molar-refractivity contribution < 1.29 is 19.1 Å². The van der Waals surface area contributed by atoms with Crippen molar-refractivity contribution in [3.63, 3.8) is 0 Å². The van der Waals surface area contributed by atoms with Gasteiger partial charge >= 0.3 is 5.97 Å². The average Bonchev–Trinajstić information content (AvgIpc) is 3.09. The van der Waals surface area contributed by atoms with Gasteiger partial charge in [0.05, 0.1) is 5.39 Å². The Bertz CT molecular complexity index is 856. The maximum Gasteiger partial charge on any atom is 0.346 e. The van der Waals surface area contributed by atoms with E-state index in [0.717, 1.165) is 11.3 Å². The topological polar surface area (TPSA) is 83.5 Å². The van der Waals surface area contributed by atoms with Crippen molar-refractivity contribution >= 4 is 28.3 Å². The number of carbonyl (C=O) groups is 1. The van der Waals surface area contributed by atoms with Gasteiger partial charge in [-0.05, 0) is 23.6 Å². The fourth-order valence-corrected chi connectivity index (χ4v) is 2.77. The van der Waals surface area contributed by atoms with E-state index in [1.54, 1.807) is 29.6 Å². The summed E-state index contributed by atoms with van der Waals surface area (Å²) in [7, 11) is 0. The van der Waals surface area contributed by atoms with Crippen molar-refractivity contribution in [2.75, 3.05) is 0 Å². The van der Waals surface area contributed by atoms with E-state index in [-0.39, 0.29) is 17.2 Å². The third kappa shape index (κ3) is 2.35. The average molecular weight is 299 g/mol. The Kier molecular flexibility index (Phi) is 3.34. The summed E-state index contributed by atoms with van der Waals surface area (Å²) in [4.78, 5) is 11.3. The van der Waals surface area contributed by atoms with Crippen LogP contribution < -0.4 is 4.74 Å². The number of nitriles is 1. The molecule has 0 spiro atoms. The normalized spacial score (nSPS) is 10.4. The van der Waals surface area contributed by atoms with Gasteiger partial charge in [0.1, 0.15) is 23.1 Å². The van der Waals surface area contributed by atoms with Gasteiger partial charge in [-0.15, -0.1) is 11.3 Å². The van der Waals surface area contributed by atoms with Crippen LogP contribution in [0.5, 0.6) is 5.75 Å². The molecule has 0 bridgehead atoms. The number of carboxylic acid groups (broad SMARTS) is 1. The largest absolute Gasteiger partial charge is 0.483 e. The van der Waals surface area contributed by atoms with Crippen molar-refractivity contribution in [2.24, 2.45) is 0 Å². The number of para-hydroxylation sites is 1. The molecular formula is C15H9NO4S. The predicted octanol–water partition coefficient (Wildman–Crippen LogP) is 3.64. The molecule has 6 heteroatoms. The van der Waals surface area contributed by atoms with E-state index in [4.69, 9.17) is 19.5 Å². The number of furan rings is 1. The molecule has 0 aliphatic heterocycles. The number of rotatable bonds is 4. The lowest BCUT2D eigenvalue weighted by atomic mass is 10.2. The number of nitrogens with zero attached hydrogens (tertiary/aromatic N) is 1. The maximum absolute atomic E-state index is 11.1. The molecule has 5 nitrogen and oxygen atoms in total. The van der Waals surface area contributed by atoms with E-state index < -0.39 is 5.97 Å². The first-order valence-electron chi connectivity index (χ1n) is 6.05. The minimum absolute atomic E-state index is 0.0728. The molecule has 2 aromatic heterocycles. The lowest BCUT2D eigenvalue weighted by Crippen LogP contribution is -2.02. The molecule has 0 saturated heterocycles. The van der Waals surface area contributed by atoms with Crippen molar-refractivity contribution in [2.45, 2.75) is 6.61 Å². The highest BCUT2D eigenvalue weighted by molar-refractivity contribution is 7.12. The van der Waals surface area contributed by atoms with Gasteiger partial charge in [0, 0.05) is 5.56 Å². The van der Waals surface area contributed by atoms with Crippen molar-refractivity contribution in [3.8, 4) is 11.8 Å². The number of ether oxygens (including phenoxy) is 1. The van der Waals surface area contributed by atoms with E-state index in [9.17, 15) is 4.79 Å². The molecule has 0 saturated carbocycles. The minimum atomic E-state index is -0.985. The summed E-state index contributed by atoms with van der Waals surface area (Å²) in [5.41, 5.74) is 1.13. The highest BCUT2D eigenvalue weighted by Gasteiger charge is 2.17. The Hall–Kier alpha value is -2.78. The smallest absolute Gasteiger partial charge is 0.346 e. The monoisotopic (exact) mass is 299 g/mol. The first-order chi connectivity index (χ1) is 10.2. The van der Waals surface area contributed by atoms with Gasteiger partial charge in [-0.25, -0.2) is 4.79 Å². The van der Waals surface area contributed by atoms with Crippen molar-refractivity contribution in [3.05, 3.63) is 51.9 Å². The molecule has 0 aliphatic carbocycles. The van der Waals surface area contributed by atoms with Crippen LogP contribution in [0.3, 0.4) is 0 Å². The summed E-state index contributed by atoms with van der Waals surface area (Å²) >= 11 is 1.14. The third-order valence-electron chi connectivity index (χ3n) is 2.96. The number of thiophene rings is 1. The number of carboxylic acids is 1. The second-order valence-electron chi connectivity index (χ2n) is 4.24. The Morgan fingerprint density at radius 2 is 2.19 bits per heavy atom. The fraction of sp³-hybridized carbons (Fsp3) is 0.0667. The summed E-state index contributed by atoms with van der Waals surface area (Å²) in [5, 5.41) is 20.6. The van der Waals surface area contributed by atoms with Crippen molar-refractivity contribution in [1.29, 1.82) is 5.26 Å². The van der Waals surface area contributed by atoms with Gasteiger partial charge in [0.25, 0.3) is 0 Å². The van der Waals surface area contributed by atoms with Crippen LogP contribution in [-0.4, -0.2) is 11.1 Å². The van der Waals surface area contributed by atoms with E-state index >= 15 is 0 Å². The van der Waals surface area contributed by atoms with E-state index in [0.29, 0.717) is 22.3 Å². The van der Waals surface area contributed by atoms with Crippen LogP contribution in [-0.2, 0) is 6.61 Å². The van der Waals surface area contributed by atoms with E-state index in [2.05, 4.69) is 0 Å². The molecule has 1 aromatic carbocycles.